The largest absolute Gasteiger partial charge is 0.351 e. The van der Waals surface area contributed by atoms with Crippen LogP contribution < -0.4 is 5.32 Å². The molecule has 0 saturated heterocycles. The summed E-state index contributed by atoms with van der Waals surface area (Å²) in [7, 11) is 0. The zero-order chi connectivity index (χ0) is 16.3. The summed E-state index contributed by atoms with van der Waals surface area (Å²) in [6.07, 6.45) is 0.791. The Balaban J connectivity index is 2.15. The van der Waals surface area contributed by atoms with Gasteiger partial charge in [-0.25, -0.2) is 4.98 Å². The molecule has 7 heteroatoms. The molecule has 2 rings (SSSR count). The molecule has 1 N–H and O–H groups in total. The van der Waals surface area contributed by atoms with Crippen LogP contribution in [-0.2, 0) is 4.79 Å². The van der Waals surface area contributed by atoms with Crippen LogP contribution in [0.5, 0.6) is 0 Å². The highest BCUT2D eigenvalue weighted by Crippen LogP contribution is 2.29. The number of rotatable bonds is 6. The number of aromatic nitrogens is 2. The Hall–Kier alpha value is -1.63. The van der Waals surface area contributed by atoms with Crippen LogP contribution in [-0.4, -0.2) is 26.8 Å². The van der Waals surface area contributed by atoms with Crippen molar-refractivity contribution in [3.63, 3.8) is 0 Å². The number of carbonyl (C=O) groups is 1. The van der Waals surface area contributed by atoms with Crippen LogP contribution in [0.1, 0.15) is 33.7 Å². The Morgan fingerprint density at radius 3 is 2.73 bits per heavy atom. The lowest BCUT2D eigenvalue weighted by Gasteiger charge is -2.24. The molecule has 0 bridgehead atoms. The quantitative estimate of drug-likeness (QED) is 0.820. The number of para-hydroxylation sites is 2. The van der Waals surface area contributed by atoms with E-state index in [1.807, 2.05) is 20.8 Å². The number of carbonyl (C=O) groups excluding carboxylic acids is 1. The van der Waals surface area contributed by atoms with Gasteiger partial charge in [0.15, 0.2) is 5.16 Å². The first kappa shape index (κ1) is 16.7. The molecule has 0 radical (unpaired) electrons. The Bertz CT molecular complexity index is 670. The van der Waals surface area contributed by atoms with Gasteiger partial charge in [-0.2, -0.15) is 8.78 Å². The summed E-state index contributed by atoms with van der Waals surface area (Å²) in [5.41, 5.74) is 0.564. The van der Waals surface area contributed by atoms with Gasteiger partial charge in [0, 0.05) is 5.54 Å². The molecule has 1 aromatic heterocycles. The second kappa shape index (κ2) is 6.64. The lowest BCUT2D eigenvalue weighted by Crippen LogP contribution is -2.43. The Morgan fingerprint density at radius 1 is 1.41 bits per heavy atom. The monoisotopic (exact) mass is 327 g/mol. The van der Waals surface area contributed by atoms with Crippen LogP contribution in [0.15, 0.2) is 29.4 Å². The third kappa shape index (κ3) is 3.76. The van der Waals surface area contributed by atoms with Crippen molar-refractivity contribution in [3.05, 3.63) is 24.3 Å². The van der Waals surface area contributed by atoms with E-state index in [0.29, 0.717) is 11.0 Å². The van der Waals surface area contributed by atoms with Crippen molar-refractivity contribution in [2.45, 2.75) is 44.4 Å². The molecule has 1 heterocycles. The van der Waals surface area contributed by atoms with E-state index in [9.17, 15) is 13.6 Å². The van der Waals surface area contributed by atoms with Gasteiger partial charge in [0.1, 0.15) is 0 Å². The number of thioether (sulfide) groups is 1. The predicted molar refractivity (Wildman–Crippen MR) is 84.2 cm³/mol. The number of benzene rings is 1. The van der Waals surface area contributed by atoms with E-state index < -0.39 is 6.55 Å². The van der Waals surface area contributed by atoms with Gasteiger partial charge in [-0.1, -0.05) is 30.8 Å². The van der Waals surface area contributed by atoms with Crippen LogP contribution in [0.25, 0.3) is 11.0 Å². The van der Waals surface area contributed by atoms with E-state index in [-0.39, 0.29) is 22.4 Å². The van der Waals surface area contributed by atoms with E-state index in [1.54, 1.807) is 24.3 Å². The standard InChI is InChI=1S/C15H19F2N3OS/c1-4-15(2,3)19-12(21)9-22-14-18-10-7-5-6-8-11(10)20(14)13(16)17/h5-8,13H,4,9H2,1-3H3,(H,19,21). The van der Waals surface area contributed by atoms with E-state index in [1.165, 1.54) is 0 Å². The first-order valence-corrected chi connectivity index (χ1v) is 8.01. The zero-order valence-electron chi connectivity index (χ0n) is 12.8. The number of nitrogens with zero attached hydrogens (tertiary/aromatic N) is 2. The maximum atomic E-state index is 13.3. The highest BCUT2D eigenvalue weighted by atomic mass is 32.2. The summed E-state index contributed by atoms with van der Waals surface area (Å²) in [5, 5.41) is 3.03. The summed E-state index contributed by atoms with van der Waals surface area (Å²) in [5.74, 6) is -0.135. The fourth-order valence-corrected chi connectivity index (χ4v) is 2.76. The third-order valence-electron chi connectivity index (χ3n) is 3.45. The lowest BCUT2D eigenvalue weighted by atomic mass is 10.0. The molecule has 1 amide bonds. The van der Waals surface area contributed by atoms with Gasteiger partial charge >= 0.3 is 6.55 Å². The van der Waals surface area contributed by atoms with Crippen LogP contribution in [0.3, 0.4) is 0 Å². The number of imidazole rings is 1. The number of alkyl halides is 2. The summed E-state index contributed by atoms with van der Waals surface area (Å²) in [4.78, 5) is 16.1. The first-order chi connectivity index (χ1) is 10.3. The van der Waals surface area contributed by atoms with Crippen LogP contribution in [0.4, 0.5) is 8.78 Å². The Morgan fingerprint density at radius 2 is 2.09 bits per heavy atom. The Kier molecular flexibility index (Phi) is 5.05. The van der Waals surface area contributed by atoms with Crippen LogP contribution in [0, 0.1) is 0 Å². The molecule has 0 aliphatic heterocycles. The zero-order valence-corrected chi connectivity index (χ0v) is 13.6. The number of hydrogen-bond acceptors (Lipinski definition) is 3. The molecule has 2 aromatic rings. The molecule has 1 aromatic carbocycles. The molecule has 120 valence electrons. The van der Waals surface area contributed by atoms with E-state index in [4.69, 9.17) is 0 Å². The molecule has 0 fully saturated rings. The first-order valence-electron chi connectivity index (χ1n) is 7.03. The van der Waals surface area contributed by atoms with Gasteiger partial charge in [-0.3, -0.25) is 9.36 Å². The molecule has 0 atom stereocenters. The molecule has 0 spiro atoms. The fraction of sp³-hybridized carbons (Fsp3) is 0.467. The minimum atomic E-state index is -2.69. The van der Waals surface area contributed by atoms with Gasteiger partial charge in [0.25, 0.3) is 0 Å². The van der Waals surface area contributed by atoms with Crippen LogP contribution in [0.2, 0.25) is 0 Å². The number of amides is 1. The normalized spacial score (nSPS) is 12.1. The van der Waals surface area contributed by atoms with Crippen molar-refractivity contribution in [2.75, 3.05) is 5.75 Å². The van der Waals surface area contributed by atoms with Crippen molar-refractivity contribution < 1.29 is 13.6 Å². The third-order valence-corrected chi connectivity index (χ3v) is 4.41. The fourth-order valence-electron chi connectivity index (χ4n) is 1.94. The number of nitrogens with one attached hydrogen (secondary N) is 1. The average Bonchev–Trinajstić information content (AvgIpc) is 2.83. The number of hydrogen-bond donors (Lipinski definition) is 1. The summed E-state index contributed by atoms with van der Waals surface area (Å²) < 4.78 is 27.4. The highest BCUT2D eigenvalue weighted by Gasteiger charge is 2.21. The van der Waals surface area contributed by atoms with E-state index >= 15 is 0 Å². The predicted octanol–water partition coefficient (Wildman–Crippen LogP) is 3.83. The van der Waals surface area contributed by atoms with Crippen molar-refractivity contribution in [1.82, 2.24) is 14.9 Å². The van der Waals surface area contributed by atoms with Gasteiger partial charge in [-0.15, -0.1) is 0 Å². The minimum Gasteiger partial charge on any atom is -0.351 e. The molecule has 22 heavy (non-hydrogen) atoms. The highest BCUT2D eigenvalue weighted by molar-refractivity contribution is 7.99. The van der Waals surface area contributed by atoms with Crippen molar-refractivity contribution in [3.8, 4) is 0 Å². The molecular weight excluding hydrogens is 308 g/mol. The maximum absolute atomic E-state index is 13.3. The van der Waals surface area contributed by atoms with Crippen molar-refractivity contribution in [1.29, 1.82) is 0 Å². The Labute approximate surface area is 132 Å². The molecular formula is C15H19F2N3OS. The van der Waals surface area contributed by atoms with Gasteiger partial charge in [0.05, 0.1) is 16.8 Å². The second-order valence-corrected chi connectivity index (χ2v) is 6.55. The molecule has 0 saturated carbocycles. The van der Waals surface area contributed by atoms with Gasteiger partial charge in [-0.05, 0) is 32.4 Å². The summed E-state index contributed by atoms with van der Waals surface area (Å²) in [6.45, 7) is 3.13. The van der Waals surface area contributed by atoms with E-state index in [0.717, 1.165) is 22.7 Å². The maximum Gasteiger partial charge on any atom is 0.321 e. The number of fused-ring (bicyclic) bond motifs is 1. The average molecular weight is 327 g/mol. The molecule has 0 aliphatic rings. The molecule has 4 nitrogen and oxygen atoms in total. The lowest BCUT2D eigenvalue weighted by molar-refractivity contribution is -0.120. The van der Waals surface area contributed by atoms with Crippen molar-refractivity contribution >= 4 is 28.7 Å². The molecule has 0 aliphatic carbocycles. The SMILES string of the molecule is CCC(C)(C)NC(=O)CSc1nc2ccccc2n1C(F)F. The topological polar surface area (TPSA) is 46.9 Å². The summed E-state index contributed by atoms with van der Waals surface area (Å²) >= 11 is 1.02. The van der Waals surface area contributed by atoms with Gasteiger partial charge < -0.3 is 5.32 Å². The second-order valence-electron chi connectivity index (χ2n) is 5.61. The smallest absolute Gasteiger partial charge is 0.321 e. The molecule has 0 unspecified atom stereocenters. The summed E-state index contributed by atoms with van der Waals surface area (Å²) in [6, 6.07) is 6.71. The van der Waals surface area contributed by atoms with Crippen molar-refractivity contribution in [2.24, 2.45) is 0 Å². The van der Waals surface area contributed by atoms with Gasteiger partial charge in [0.2, 0.25) is 5.91 Å². The van der Waals surface area contributed by atoms with E-state index in [2.05, 4.69) is 10.3 Å². The number of halogens is 2. The van der Waals surface area contributed by atoms with Crippen LogP contribution >= 0.6 is 11.8 Å². The minimum absolute atomic E-state index is 0.0550.